The summed E-state index contributed by atoms with van der Waals surface area (Å²) in [6, 6.07) is 3.68. The van der Waals surface area contributed by atoms with Crippen molar-refractivity contribution in [1.82, 2.24) is 25.1 Å². The average molecular weight is 314 g/mol. The Balaban J connectivity index is 1.75. The molecule has 0 spiro atoms. The molecule has 2 aromatic rings. The topological polar surface area (TPSA) is 75.9 Å². The van der Waals surface area contributed by atoms with Crippen molar-refractivity contribution in [2.75, 3.05) is 19.0 Å². The van der Waals surface area contributed by atoms with Gasteiger partial charge in [-0.1, -0.05) is 6.92 Å². The zero-order chi connectivity index (χ0) is 16.4. The fourth-order valence-electron chi connectivity index (χ4n) is 2.96. The fourth-order valence-corrected chi connectivity index (χ4v) is 2.96. The van der Waals surface area contributed by atoms with Crippen molar-refractivity contribution in [3.63, 3.8) is 0 Å². The Hall–Kier alpha value is -2.44. The molecule has 1 amide bonds. The Morgan fingerprint density at radius 3 is 3.00 bits per heavy atom. The number of nitrogens with zero attached hydrogens (tertiary/aromatic N) is 5. The molecule has 3 rings (SSSR count). The van der Waals surface area contributed by atoms with E-state index in [-0.39, 0.29) is 11.9 Å². The molecule has 1 unspecified atom stereocenters. The van der Waals surface area contributed by atoms with Crippen LogP contribution in [0.1, 0.15) is 35.4 Å². The average Bonchev–Trinajstić information content (AvgIpc) is 2.97. The van der Waals surface area contributed by atoms with E-state index in [9.17, 15) is 4.79 Å². The number of nitrogens with one attached hydrogen (secondary N) is 1. The van der Waals surface area contributed by atoms with Crippen LogP contribution >= 0.6 is 0 Å². The number of hydrogen-bond donors (Lipinski definition) is 1. The van der Waals surface area contributed by atoms with Crippen molar-refractivity contribution in [2.24, 2.45) is 0 Å². The number of aryl methyl sites for hydroxylation is 2. The lowest BCUT2D eigenvalue weighted by molar-refractivity contribution is 0.0927. The van der Waals surface area contributed by atoms with E-state index in [4.69, 9.17) is 0 Å². The van der Waals surface area contributed by atoms with Crippen LogP contribution in [-0.4, -0.2) is 45.8 Å². The van der Waals surface area contributed by atoms with Crippen molar-refractivity contribution in [2.45, 2.75) is 38.8 Å². The number of fused-ring (bicyclic) bond motifs is 1. The molecule has 1 aliphatic heterocycles. The van der Waals surface area contributed by atoms with Gasteiger partial charge in [-0.25, -0.2) is 4.98 Å². The smallest absolute Gasteiger partial charge is 0.255 e. The molecule has 2 aromatic heterocycles. The van der Waals surface area contributed by atoms with E-state index < -0.39 is 0 Å². The number of amides is 1. The van der Waals surface area contributed by atoms with Gasteiger partial charge < -0.3 is 14.8 Å². The molecule has 0 radical (unpaired) electrons. The van der Waals surface area contributed by atoms with Crippen molar-refractivity contribution in [3.8, 4) is 0 Å². The second-order valence-electron chi connectivity index (χ2n) is 5.97. The van der Waals surface area contributed by atoms with Crippen molar-refractivity contribution in [1.29, 1.82) is 0 Å². The molecule has 3 heterocycles. The van der Waals surface area contributed by atoms with Crippen LogP contribution in [0, 0.1) is 0 Å². The summed E-state index contributed by atoms with van der Waals surface area (Å²) in [6.07, 6.45) is 4.27. The van der Waals surface area contributed by atoms with E-state index in [0.29, 0.717) is 11.4 Å². The Morgan fingerprint density at radius 1 is 1.43 bits per heavy atom. The minimum atomic E-state index is -0.0821. The molecule has 0 aliphatic carbocycles. The minimum Gasteiger partial charge on any atom is -0.362 e. The van der Waals surface area contributed by atoms with E-state index in [1.54, 1.807) is 12.3 Å². The van der Waals surface area contributed by atoms with Crippen molar-refractivity contribution >= 4 is 11.7 Å². The highest BCUT2D eigenvalue weighted by molar-refractivity contribution is 5.99. The summed E-state index contributed by atoms with van der Waals surface area (Å²) in [5.41, 5.74) is 0.600. The second kappa shape index (κ2) is 6.36. The van der Waals surface area contributed by atoms with Crippen LogP contribution in [0.15, 0.2) is 18.3 Å². The Morgan fingerprint density at radius 2 is 2.26 bits per heavy atom. The highest BCUT2D eigenvalue weighted by atomic mass is 16.1. The lowest BCUT2D eigenvalue weighted by Gasteiger charge is -2.26. The summed E-state index contributed by atoms with van der Waals surface area (Å²) in [5, 5.41) is 11.6. The predicted octanol–water partition coefficient (Wildman–Crippen LogP) is 1.05. The molecule has 122 valence electrons. The number of anilines is 1. The summed E-state index contributed by atoms with van der Waals surface area (Å²) in [6.45, 7) is 2.80. The van der Waals surface area contributed by atoms with Gasteiger partial charge >= 0.3 is 0 Å². The van der Waals surface area contributed by atoms with Crippen LogP contribution in [0.25, 0.3) is 0 Å². The maximum Gasteiger partial charge on any atom is 0.255 e. The summed E-state index contributed by atoms with van der Waals surface area (Å²) in [4.78, 5) is 18.8. The SMILES string of the molecule is CCc1nnc2n1CC(NC(=O)c1cccnc1N(C)C)CC2. The maximum atomic E-state index is 12.6. The molecule has 0 bridgehead atoms. The number of hydrogen-bond acceptors (Lipinski definition) is 5. The molecule has 23 heavy (non-hydrogen) atoms. The van der Waals surface area contributed by atoms with Crippen molar-refractivity contribution in [3.05, 3.63) is 35.5 Å². The van der Waals surface area contributed by atoms with Gasteiger partial charge in [-0.15, -0.1) is 10.2 Å². The van der Waals surface area contributed by atoms with E-state index in [2.05, 4.69) is 32.0 Å². The van der Waals surface area contributed by atoms with Crippen LogP contribution in [0.4, 0.5) is 5.82 Å². The molecule has 0 aromatic carbocycles. The molecule has 0 saturated carbocycles. The number of carbonyl (C=O) groups excluding carboxylic acids is 1. The van der Waals surface area contributed by atoms with Gasteiger partial charge in [-0.3, -0.25) is 4.79 Å². The van der Waals surface area contributed by atoms with E-state index in [1.807, 2.05) is 25.1 Å². The molecule has 1 atom stereocenters. The molecule has 1 aliphatic rings. The highest BCUT2D eigenvalue weighted by Gasteiger charge is 2.24. The summed E-state index contributed by atoms with van der Waals surface area (Å²) in [7, 11) is 3.77. The standard InChI is InChI=1S/C16H22N6O/c1-4-13-19-20-14-8-7-11(10-22(13)14)18-16(23)12-6-5-9-17-15(12)21(2)3/h5-6,9,11H,4,7-8,10H2,1-3H3,(H,18,23). The lowest BCUT2D eigenvalue weighted by atomic mass is 10.1. The van der Waals surface area contributed by atoms with Gasteiger partial charge in [-0.05, 0) is 18.6 Å². The molecular weight excluding hydrogens is 292 g/mol. The van der Waals surface area contributed by atoms with E-state index >= 15 is 0 Å². The monoisotopic (exact) mass is 314 g/mol. The van der Waals surface area contributed by atoms with Crippen LogP contribution in [-0.2, 0) is 19.4 Å². The highest BCUT2D eigenvalue weighted by Crippen LogP contribution is 2.18. The third kappa shape index (κ3) is 3.04. The third-order valence-corrected chi connectivity index (χ3v) is 4.13. The molecule has 1 N–H and O–H groups in total. The Kier molecular flexibility index (Phi) is 4.27. The second-order valence-corrected chi connectivity index (χ2v) is 5.97. The van der Waals surface area contributed by atoms with Crippen LogP contribution in [0.2, 0.25) is 0 Å². The lowest BCUT2D eigenvalue weighted by Crippen LogP contribution is -2.41. The van der Waals surface area contributed by atoms with Gasteiger partial charge in [0.15, 0.2) is 0 Å². The maximum absolute atomic E-state index is 12.6. The molecule has 0 fully saturated rings. The van der Waals surface area contributed by atoms with Crippen LogP contribution < -0.4 is 10.2 Å². The van der Waals surface area contributed by atoms with Gasteiger partial charge in [0.2, 0.25) is 0 Å². The first-order valence-corrected chi connectivity index (χ1v) is 7.94. The minimum absolute atomic E-state index is 0.0821. The van der Waals surface area contributed by atoms with Gasteiger partial charge in [0.25, 0.3) is 5.91 Å². The summed E-state index contributed by atoms with van der Waals surface area (Å²) < 4.78 is 2.13. The predicted molar refractivity (Wildman–Crippen MR) is 87.5 cm³/mol. The zero-order valence-corrected chi connectivity index (χ0v) is 13.8. The Labute approximate surface area is 135 Å². The van der Waals surface area contributed by atoms with Gasteiger partial charge in [0.05, 0.1) is 5.56 Å². The number of rotatable bonds is 4. The largest absolute Gasteiger partial charge is 0.362 e. The number of pyridine rings is 1. The van der Waals surface area contributed by atoms with Gasteiger partial charge in [0.1, 0.15) is 17.5 Å². The first-order valence-electron chi connectivity index (χ1n) is 7.94. The molecular formula is C16H22N6O. The first kappa shape index (κ1) is 15.5. The molecule has 0 saturated heterocycles. The normalized spacial score (nSPS) is 16.7. The summed E-state index contributed by atoms with van der Waals surface area (Å²) in [5.74, 6) is 2.60. The van der Waals surface area contributed by atoms with E-state index in [1.165, 1.54) is 0 Å². The third-order valence-electron chi connectivity index (χ3n) is 4.13. The van der Waals surface area contributed by atoms with E-state index in [0.717, 1.165) is 37.5 Å². The van der Waals surface area contributed by atoms with Crippen molar-refractivity contribution < 1.29 is 4.79 Å². The first-order chi connectivity index (χ1) is 11.1. The van der Waals surface area contributed by atoms with Crippen LogP contribution in [0.5, 0.6) is 0 Å². The van der Waals surface area contributed by atoms with Gasteiger partial charge in [0, 0.05) is 45.7 Å². The molecule has 7 heteroatoms. The Bertz CT molecular complexity index is 695. The number of carbonyl (C=O) groups is 1. The van der Waals surface area contributed by atoms with Gasteiger partial charge in [-0.2, -0.15) is 0 Å². The number of aromatic nitrogens is 4. The summed E-state index contributed by atoms with van der Waals surface area (Å²) >= 11 is 0. The fraction of sp³-hybridized carbons (Fsp3) is 0.500. The quantitative estimate of drug-likeness (QED) is 0.913. The van der Waals surface area contributed by atoms with Crippen LogP contribution in [0.3, 0.4) is 0 Å². The molecule has 7 nitrogen and oxygen atoms in total. The zero-order valence-electron chi connectivity index (χ0n) is 13.8.